The molecule has 36 heavy (non-hydrogen) atoms. The van der Waals surface area contributed by atoms with Crippen LogP contribution in [0.5, 0.6) is 0 Å². The minimum atomic E-state index is 0.806. The van der Waals surface area contributed by atoms with Gasteiger partial charge in [0.15, 0.2) is 0 Å². The molecule has 0 radical (unpaired) electrons. The fourth-order valence-electron chi connectivity index (χ4n) is 4.55. The molecule has 2 N–H and O–H groups in total. The summed E-state index contributed by atoms with van der Waals surface area (Å²) in [5.41, 5.74) is 8.49. The number of benzene rings is 2. The van der Waals surface area contributed by atoms with E-state index in [1.807, 2.05) is 0 Å². The number of aromatic nitrogens is 4. The molecule has 0 bridgehead atoms. The Hall–Kier alpha value is -4.32. The summed E-state index contributed by atoms with van der Waals surface area (Å²) >= 11 is 0. The highest BCUT2D eigenvalue weighted by Crippen LogP contribution is 2.30. The third-order valence-corrected chi connectivity index (χ3v) is 6.35. The molecule has 6 nitrogen and oxygen atoms in total. The van der Waals surface area contributed by atoms with Gasteiger partial charge in [0, 0.05) is 37.9 Å². The SMILES string of the molecule is C(=NCCC1=CCc2ccccc21)c1ncc[nH]1.C(=NCCC1=CCc2ccccc21)c1ncc[nH]1. The van der Waals surface area contributed by atoms with Crippen LogP contribution in [0.3, 0.4) is 0 Å². The lowest BCUT2D eigenvalue weighted by Crippen LogP contribution is -1.89. The van der Waals surface area contributed by atoms with Gasteiger partial charge in [-0.25, -0.2) is 9.97 Å². The molecule has 2 aromatic heterocycles. The first-order valence-corrected chi connectivity index (χ1v) is 12.4. The Morgan fingerprint density at radius 2 is 1.14 bits per heavy atom. The van der Waals surface area contributed by atoms with E-state index in [1.165, 1.54) is 33.4 Å². The molecule has 0 saturated carbocycles. The van der Waals surface area contributed by atoms with Crippen LogP contribution in [0.25, 0.3) is 11.1 Å². The summed E-state index contributed by atoms with van der Waals surface area (Å²) in [5.74, 6) is 1.63. The molecule has 4 aromatic rings. The average Bonchev–Trinajstić information content (AvgIpc) is 3.73. The molecule has 0 amide bonds. The second kappa shape index (κ2) is 11.9. The number of aliphatic imine (C=N–C) groups is 2. The first kappa shape index (κ1) is 23.4. The minimum Gasteiger partial charge on any atom is -0.344 e. The summed E-state index contributed by atoms with van der Waals surface area (Å²) in [6.45, 7) is 1.61. The Labute approximate surface area is 211 Å². The van der Waals surface area contributed by atoms with Gasteiger partial charge in [0.25, 0.3) is 0 Å². The molecular weight excluding hydrogens is 444 g/mol. The zero-order valence-electron chi connectivity index (χ0n) is 20.3. The van der Waals surface area contributed by atoms with Gasteiger partial charge in [-0.3, -0.25) is 9.98 Å². The number of aromatic amines is 2. The highest BCUT2D eigenvalue weighted by atomic mass is 14.9. The third-order valence-electron chi connectivity index (χ3n) is 6.35. The van der Waals surface area contributed by atoms with Gasteiger partial charge < -0.3 is 9.97 Å². The maximum Gasteiger partial charge on any atom is 0.147 e. The van der Waals surface area contributed by atoms with E-state index in [-0.39, 0.29) is 0 Å². The van der Waals surface area contributed by atoms with Crippen LogP contribution < -0.4 is 0 Å². The second-order valence-electron chi connectivity index (χ2n) is 8.70. The third kappa shape index (κ3) is 6.02. The topological polar surface area (TPSA) is 82.1 Å². The van der Waals surface area contributed by atoms with Crippen molar-refractivity contribution in [3.8, 4) is 0 Å². The lowest BCUT2D eigenvalue weighted by Gasteiger charge is -2.03. The highest BCUT2D eigenvalue weighted by molar-refractivity contribution is 5.76. The summed E-state index contributed by atoms with van der Waals surface area (Å²) in [4.78, 5) is 23.0. The maximum atomic E-state index is 4.39. The van der Waals surface area contributed by atoms with Crippen molar-refractivity contribution >= 4 is 23.6 Å². The zero-order chi connectivity index (χ0) is 24.4. The molecule has 0 saturated heterocycles. The number of hydrogen-bond acceptors (Lipinski definition) is 4. The Bertz CT molecular complexity index is 1270. The van der Waals surface area contributed by atoms with Gasteiger partial charge in [0.2, 0.25) is 0 Å². The van der Waals surface area contributed by atoms with E-state index in [0.29, 0.717) is 0 Å². The summed E-state index contributed by atoms with van der Waals surface area (Å²) in [5, 5.41) is 0. The monoisotopic (exact) mass is 474 g/mol. The van der Waals surface area contributed by atoms with E-state index in [9.17, 15) is 0 Å². The molecule has 0 fully saturated rings. The van der Waals surface area contributed by atoms with Gasteiger partial charge in [0.1, 0.15) is 11.6 Å². The van der Waals surface area contributed by atoms with E-state index in [0.717, 1.165) is 50.4 Å². The molecule has 2 heterocycles. The van der Waals surface area contributed by atoms with Crippen molar-refractivity contribution in [3.05, 3.63) is 119 Å². The van der Waals surface area contributed by atoms with Crippen LogP contribution >= 0.6 is 0 Å². The standard InChI is InChI=1S/2C15H15N3/c2*1-2-4-14-12(3-1)5-6-13(14)7-8-16-11-15-17-9-10-18-15/h2*1-4,6,9-11H,5,7-8H2,(H,17,18). The molecule has 2 aliphatic carbocycles. The van der Waals surface area contributed by atoms with E-state index in [2.05, 4.69) is 90.6 Å². The van der Waals surface area contributed by atoms with Gasteiger partial charge in [-0.15, -0.1) is 0 Å². The fraction of sp³-hybridized carbons (Fsp3) is 0.200. The van der Waals surface area contributed by atoms with E-state index < -0.39 is 0 Å². The lowest BCUT2D eigenvalue weighted by molar-refractivity contribution is 1.02. The Kier molecular flexibility index (Phi) is 7.73. The molecule has 2 aromatic carbocycles. The van der Waals surface area contributed by atoms with Crippen LogP contribution in [-0.4, -0.2) is 45.5 Å². The van der Waals surface area contributed by atoms with Crippen LogP contribution in [0.2, 0.25) is 0 Å². The van der Waals surface area contributed by atoms with Crippen LogP contribution in [0.15, 0.2) is 95.5 Å². The number of fused-ring (bicyclic) bond motifs is 2. The molecular formula is C30H30N6. The van der Waals surface area contributed by atoms with Crippen LogP contribution in [0.1, 0.15) is 46.7 Å². The Balaban J connectivity index is 0.000000148. The van der Waals surface area contributed by atoms with Gasteiger partial charge >= 0.3 is 0 Å². The van der Waals surface area contributed by atoms with Crippen LogP contribution in [0.4, 0.5) is 0 Å². The quantitative estimate of drug-likeness (QED) is 0.320. The van der Waals surface area contributed by atoms with Crippen molar-refractivity contribution in [2.45, 2.75) is 25.7 Å². The second-order valence-corrected chi connectivity index (χ2v) is 8.70. The minimum absolute atomic E-state index is 0.806. The molecule has 6 rings (SSSR count). The molecule has 0 aliphatic heterocycles. The Morgan fingerprint density at radius 1 is 0.667 bits per heavy atom. The first-order valence-electron chi connectivity index (χ1n) is 12.4. The number of rotatable bonds is 8. The summed E-state index contributed by atoms with van der Waals surface area (Å²) in [7, 11) is 0. The number of H-pyrrole nitrogens is 2. The van der Waals surface area contributed by atoms with Gasteiger partial charge in [0.05, 0.1) is 12.4 Å². The first-order chi connectivity index (χ1) is 17.9. The van der Waals surface area contributed by atoms with Crippen LogP contribution in [0, 0.1) is 0 Å². The normalized spacial score (nSPS) is 13.9. The molecule has 2 aliphatic rings. The van der Waals surface area contributed by atoms with Crippen LogP contribution in [-0.2, 0) is 12.8 Å². The highest BCUT2D eigenvalue weighted by Gasteiger charge is 2.12. The van der Waals surface area contributed by atoms with Gasteiger partial charge in [-0.05, 0) is 59.1 Å². The van der Waals surface area contributed by atoms with Crippen molar-refractivity contribution in [1.29, 1.82) is 0 Å². The number of hydrogen-bond donors (Lipinski definition) is 2. The number of imidazole rings is 2. The molecule has 0 atom stereocenters. The number of nitrogens with one attached hydrogen (secondary N) is 2. The zero-order valence-corrected chi connectivity index (χ0v) is 20.3. The van der Waals surface area contributed by atoms with Gasteiger partial charge in [-0.2, -0.15) is 0 Å². The van der Waals surface area contributed by atoms with Crippen molar-refractivity contribution in [1.82, 2.24) is 19.9 Å². The Morgan fingerprint density at radius 3 is 1.58 bits per heavy atom. The summed E-state index contributed by atoms with van der Waals surface area (Å²) in [6, 6.07) is 17.2. The molecule has 180 valence electrons. The maximum absolute atomic E-state index is 4.39. The number of allylic oxidation sites excluding steroid dienone is 2. The predicted molar refractivity (Wildman–Crippen MR) is 148 cm³/mol. The van der Waals surface area contributed by atoms with Crippen molar-refractivity contribution in [3.63, 3.8) is 0 Å². The van der Waals surface area contributed by atoms with E-state index in [4.69, 9.17) is 0 Å². The smallest absolute Gasteiger partial charge is 0.147 e. The molecule has 0 unspecified atom stereocenters. The largest absolute Gasteiger partial charge is 0.344 e. The predicted octanol–water partition coefficient (Wildman–Crippen LogP) is 5.72. The van der Waals surface area contributed by atoms with Crippen molar-refractivity contribution in [2.24, 2.45) is 9.98 Å². The number of nitrogens with zero attached hydrogens (tertiary/aromatic N) is 4. The molecule has 6 heteroatoms. The lowest BCUT2D eigenvalue weighted by atomic mass is 10.0. The summed E-state index contributed by atoms with van der Waals surface area (Å²) < 4.78 is 0. The summed E-state index contributed by atoms with van der Waals surface area (Å²) in [6.07, 6.45) is 19.4. The van der Waals surface area contributed by atoms with Gasteiger partial charge in [-0.1, -0.05) is 60.7 Å². The van der Waals surface area contributed by atoms with E-state index >= 15 is 0 Å². The fourth-order valence-corrected chi connectivity index (χ4v) is 4.55. The molecule has 0 spiro atoms. The average molecular weight is 475 g/mol. The van der Waals surface area contributed by atoms with Crippen molar-refractivity contribution in [2.75, 3.05) is 13.1 Å². The van der Waals surface area contributed by atoms with Crippen molar-refractivity contribution < 1.29 is 0 Å². The van der Waals surface area contributed by atoms with E-state index in [1.54, 1.807) is 37.2 Å².